The van der Waals surface area contributed by atoms with Crippen molar-refractivity contribution in [2.24, 2.45) is 0 Å². The van der Waals surface area contributed by atoms with Crippen LogP contribution in [0.4, 0.5) is 4.39 Å². The Hall–Kier alpha value is -3.60. The van der Waals surface area contributed by atoms with E-state index in [0.717, 1.165) is 39.9 Å². The highest BCUT2D eigenvalue weighted by molar-refractivity contribution is 7.99. The molecule has 0 spiro atoms. The molecule has 5 aromatic rings. The normalized spacial score (nSPS) is 11.1. The molecule has 2 heterocycles. The number of rotatable bonds is 7. The monoisotopic (exact) mass is 548 g/mol. The highest BCUT2D eigenvalue weighted by Crippen LogP contribution is 2.29. The Morgan fingerprint density at radius 2 is 1.68 bits per heavy atom. The molecule has 0 aliphatic heterocycles. The van der Waals surface area contributed by atoms with Gasteiger partial charge in [0, 0.05) is 6.54 Å². The summed E-state index contributed by atoms with van der Waals surface area (Å²) >= 11 is 7.82. The van der Waals surface area contributed by atoms with Crippen molar-refractivity contribution in [3.8, 4) is 11.4 Å². The minimum absolute atomic E-state index is 0.00549. The summed E-state index contributed by atoms with van der Waals surface area (Å²) < 4.78 is 18.6. The molecule has 0 fully saturated rings. The molecule has 0 saturated carbocycles. The molecule has 0 aliphatic carbocycles. The van der Waals surface area contributed by atoms with Crippen molar-refractivity contribution >= 4 is 51.6 Å². The molecule has 0 aliphatic rings. The third kappa shape index (κ3) is 5.13. The van der Waals surface area contributed by atoms with Crippen molar-refractivity contribution in [2.75, 3.05) is 5.75 Å². The summed E-state index contributed by atoms with van der Waals surface area (Å²) in [5, 5.41) is 3.07. The topological polar surface area (TPSA) is 68.9 Å². The second-order valence-corrected chi connectivity index (χ2v) is 10.8. The lowest BCUT2D eigenvalue weighted by Crippen LogP contribution is -2.26. The van der Waals surface area contributed by atoms with Gasteiger partial charge in [-0.25, -0.2) is 9.37 Å². The van der Waals surface area contributed by atoms with Crippen molar-refractivity contribution in [3.05, 3.63) is 110 Å². The van der Waals surface area contributed by atoms with E-state index >= 15 is 0 Å². The van der Waals surface area contributed by atoms with Gasteiger partial charge in [0.2, 0.25) is 5.91 Å². The summed E-state index contributed by atoms with van der Waals surface area (Å²) in [5.41, 5.74) is 2.76. The number of carbonyl (C=O) groups is 1. The van der Waals surface area contributed by atoms with Crippen molar-refractivity contribution in [3.63, 3.8) is 0 Å². The Labute approximate surface area is 225 Å². The smallest absolute Gasteiger partial charge is 0.278 e. The number of hydrogen-bond acceptors (Lipinski definition) is 6. The van der Waals surface area contributed by atoms with Gasteiger partial charge in [-0.2, -0.15) is 0 Å². The van der Waals surface area contributed by atoms with Gasteiger partial charge in [-0.05, 0) is 48.5 Å². The molecule has 10 heteroatoms. The highest BCUT2D eigenvalue weighted by atomic mass is 32.2. The van der Waals surface area contributed by atoms with Crippen molar-refractivity contribution < 1.29 is 9.18 Å². The van der Waals surface area contributed by atoms with Crippen molar-refractivity contribution in [1.82, 2.24) is 19.4 Å². The van der Waals surface area contributed by atoms with Gasteiger partial charge in [0.15, 0.2) is 14.8 Å². The zero-order chi connectivity index (χ0) is 25.9. The highest BCUT2D eigenvalue weighted by Gasteiger charge is 2.21. The van der Waals surface area contributed by atoms with E-state index in [1.807, 2.05) is 61.5 Å². The summed E-state index contributed by atoms with van der Waals surface area (Å²) in [5.74, 6) is -0.804. The zero-order valence-electron chi connectivity index (χ0n) is 19.7. The molecule has 0 radical (unpaired) electrons. The quantitative estimate of drug-likeness (QED) is 0.158. The molecular weight excluding hydrogens is 528 g/mol. The molecular formula is C27H21FN4O2S3. The van der Waals surface area contributed by atoms with Crippen LogP contribution < -0.4 is 10.9 Å². The average molecular weight is 549 g/mol. The molecule has 5 rings (SSSR count). The van der Waals surface area contributed by atoms with Crippen LogP contribution >= 0.6 is 35.3 Å². The number of thiazole rings is 1. The summed E-state index contributed by atoms with van der Waals surface area (Å²) in [6, 6.07) is 23.2. The number of aromatic nitrogens is 3. The van der Waals surface area contributed by atoms with Crippen LogP contribution in [0.25, 0.3) is 21.7 Å². The third-order valence-electron chi connectivity index (χ3n) is 5.69. The average Bonchev–Trinajstić information content (AvgIpc) is 3.24. The van der Waals surface area contributed by atoms with Crippen LogP contribution in [-0.2, 0) is 11.3 Å². The number of para-hydroxylation sites is 2. The molecule has 186 valence electrons. The molecule has 37 heavy (non-hydrogen) atoms. The Morgan fingerprint density at radius 1 is 1.00 bits per heavy atom. The van der Waals surface area contributed by atoms with Gasteiger partial charge in [0.1, 0.15) is 10.5 Å². The molecule has 1 N–H and O–H groups in total. The lowest BCUT2D eigenvalue weighted by molar-refractivity contribution is -0.118. The number of hydrogen-bond donors (Lipinski definition) is 1. The van der Waals surface area contributed by atoms with E-state index in [1.54, 1.807) is 16.7 Å². The van der Waals surface area contributed by atoms with Crippen LogP contribution in [0.5, 0.6) is 0 Å². The third-order valence-corrected chi connectivity index (χ3v) is 7.98. The van der Waals surface area contributed by atoms with E-state index in [-0.39, 0.29) is 22.5 Å². The standard InChI is InChI=1S/C27H21FN4O2S3/c1-17-9-5-7-13-20(17)31-24-23(37-27(31)35)25(34)32(21-14-8-6-12-19(21)28)26(30-24)36-16-22(33)29-15-18-10-3-2-4-11-18/h2-14H,15-16H2,1H3,(H,29,33). The van der Waals surface area contributed by atoms with E-state index in [2.05, 4.69) is 5.32 Å². The van der Waals surface area contributed by atoms with Gasteiger partial charge in [0.05, 0.1) is 17.1 Å². The summed E-state index contributed by atoms with van der Waals surface area (Å²) in [7, 11) is 0. The van der Waals surface area contributed by atoms with Crippen molar-refractivity contribution in [1.29, 1.82) is 0 Å². The number of carbonyl (C=O) groups excluding carboxylic acids is 1. The van der Waals surface area contributed by atoms with E-state index < -0.39 is 11.4 Å². The largest absolute Gasteiger partial charge is 0.351 e. The predicted octanol–water partition coefficient (Wildman–Crippen LogP) is 5.82. The Kier molecular flexibility index (Phi) is 7.31. The molecule has 0 saturated heterocycles. The SMILES string of the molecule is Cc1ccccc1-n1c(=S)sc2c(=O)n(-c3ccccc3F)c(SCC(=O)NCc3ccccc3)nc21. The van der Waals surface area contributed by atoms with Gasteiger partial charge >= 0.3 is 0 Å². The fourth-order valence-corrected chi connectivity index (χ4v) is 6.00. The summed E-state index contributed by atoms with van der Waals surface area (Å²) in [6.07, 6.45) is 0. The summed E-state index contributed by atoms with van der Waals surface area (Å²) in [4.78, 5) is 31.1. The van der Waals surface area contributed by atoms with Crippen LogP contribution in [0.15, 0.2) is 88.8 Å². The van der Waals surface area contributed by atoms with E-state index in [0.29, 0.717) is 20.8 Å². The maximum absolute atomic E-state index is 14.8. The second kappa shape index (κ2) is 10.8. The molecule has 0 atom stereocenters. The Morgan fingerprint density at radius 3 is 2.41 bits per heavy atom. The van der Waals surface area contributed by atoms with Gasteiger partial charge in [-0.15, -0.1) is 0 Å². The van der Waals surface area contributed by atoms with Crippen LogP contribution in [0.1, 0.15) is 11.1 Å². The minimum Gasteiger partial charge on any atom is -0.351 e. The minimum atomic E-state index is -0.567. The fraction of sp³-hybridized carbons (Fsp3) is 0.111. The van der Waals surface area contributed by atoms with E-state index in [9.17, 15) is 14.0 Å². The second-order valence-electron chi connectivity index (χ2n) is 8.18. The Bertz CT molecular complexity index is 1730. The van der Waals surface area contributed by atoms with Gasteiger partial charge in [-0.1, -0.05) is 83.8 Å². The lowest BCUT2D eigenvalue weighted by atomic mass is 10.2. The van der Waals surface area contributed by atoms with E-state index in [4.69, 9.17) is 17.2 Å². The molecule has 1 amide bonds. The number of nitrogens with zero attached hydrogens (tertiary/aromatic N) is 3. The first-order valence-electron chi connectivity index (χ1n) is 11.4. The van der Waals surface area contributed by atoms with Crippen LogP contribution in [0.2, 0.25) is 0 Å². The first-order chi connectivity index (χ1) is 17.9. The fourth-order valence-electron chi connectivity index (χ4n) is 3.88. The molecule has 0 bridgehead atoms. The number of benzene rings is 3. The predicted molar refractivity (Wildman–Crippen MR) is 149 cm³/mol. The number of fused-ring (bicyclic) bond motifs is 1. The van der Waals surface area contributed by atoms with Crippen LogP contribution in [0.3, 0.4) is 0 Å². The van der Waals surface area contributed by atoms with E-state index in [1.165, 1.54) is 16.7 Å². The van der Waals surface area contributed by atoms with Gasteiger partial charge < -0.3 is 5.32 Å². The van der Waals surface area contributed by atoms with Crippen LogP contribution in [0, 0.1) is 16.7 Å². The molecule has 6 nitrogen and oxygen atoms in total. The molecule has 0 unspecified atom stereocenters. The van der Waals surface area contributed by atoms with Gasteiger partial charge in [0.25, 0.3) is 5.56 Å². The number of thioether (sulfide) groups is 1. The van der Waals surface area contributed by atoms with Crippen LogP contribution in [-0.4, -0.2) is 25.8 Å². The maximum Gasteiger partial charge on any atom is 0.278 e. The van der Waals surface area contributed by atoms with Gasteiger partial charge in [-0.3, -0.25) is 18.7 Å². The molecule has 2 aromatic heterocycles. The zero-order valence-corrected chi connectivity index (χ0v) is 22.1. The Balaban J connectivity index is 1.58. The first-order valence-corrected chi connectivity index (χ1v) is 13.6. The van der Waals surface area contributed by atoms with Crippen molar-refractivity contribution in [2.45, 2.75) is 18.6 Å². The number of amides is 1. The number of nitrogens with one attached hydrogen (secondary N) is 1. The first kappa shape index (κ1) is 25.1. The number of halogens is 1. The lowest BCUT2D eigenvalue weighted by Gasteiger charge is -2.14. The molecule has 3 aromatic carbocycles. The number of aryl methyl sites for hydroxylation is 1. The summed E-state index contributed by atoms with van der Waals surface area (Å²) in [6.45, 7) is 2.33. The maximum atomic E-state index is 14.8.